The summed E-state index contributed by atoms with van der Waals surface area (Å²) >= 11 is 6.04. The van der Waals surface area contributed by atoms with Gasteiger partial charge in [0.2, 0.25) is 0 Å². The Balaban J connectivity index is 1.72. The second kappa shape index (κ2) is 6.13. The van der Waals surface area contributed by atoms with E-state index >= 15 is 0 Å². The number of hydrogen-bond acceptors (Lipinski definition) is 4. The maximum absolute atomic E-state index is 12.2. The number of pyridine rings is 1. The monoisotopic (exact) mass is 332 g/mol. The molecule has 0 radical (unpaired) electrons. The molecule has 1 aromatic carbocycles. The Hall–Kier alpha value is -2.80. The molecule has 2 heterocycles. The number of benzene rings is 1. The number of nitrogens with one attached hydrogen (secondary N) is 3. The highest BCUT2D eigenvalue weighted by Gasteiger charge is 2.09. The van der Waals surface area contributed by atoms with Crippen LogP contribution in [0.2, 0.25) is 5.02 Å². The summed E-state index contributed by atoms with van der Waals surface area (Å²) in [7, 11) is 1.54. The third-order valence-corrected chi connectivity index (χ3v) is 3.59. The predicted molar refractivity (Wildman–Crippen MR) is 85.9 cm³/mol. The number of fused-ring (bicyclic) bond motifs is 1. The third kappa shape index (κ3) is 3.19. The minimum absolute atomic E-state index is 0.298. The molecule has 3 rings (SSSR count). The Morgan fingerprint density at radius 1 is 1.35 bits per heavy atom. The van der Waals surface area contributed by atoms with Crippen LogP contribution in [-0.2, 0) is 6.54 Å². The second-order valence-electron chi connectivity index (χ2n) is 4.85. The van der Waals surface area contributed by atoms with E-state index in [-0.39, 0.29) is 11.6 Å². The molecule has 1 amide bonds. The largest absolute Gasteiger partial charge is 0.495 e. The summed E-state index contributed by atoms with van der Waals surface area (Å²) in [6.07, 6.45) is 1.41. The molecular weight excluding hydrogens is 320 g/mol. The van der Waals surface area contributed by atoms with Crippen LogP contribution in [0.25, 0.3) is 11.2 Å². The minimum Gasteiger partial charge on any atom is -0.495 e. The van der Waals surface area contributed by atoms with E-state index in [0.717, 1.165) is 5.56 Å². The fraction of sp³-hybridized carbons (Fsp3) is 0.133. The van der Waals surface area contributed by atoms with Crippen molar-refractivity contribution in [3.8, 4) is 5.75 Å². The van der Waals surface area contributed by atoms with Gasteiger partial charge in [-0.3, -0.25) is 9.78 Å². The SMILES string of the molecule is COc1ccc(CNC(=O)c2cnc3[nH]c(=O)[nH]c3c2)cc1Cl. The van der Waals surface area contributed by atoms with Gasteiger partial charge in [0.25, 0.3) is 5.91 Å². The number of halogens is 1. The van der Waals surface area contributed by atoms with E-state index in [1.165, 1.54) is 13.3 Å². The fourth-order valence-electron chi connectivity index (χ4n) is 2.15. The highest BCUT2D eigenvalue weighted by molar-refractivity contribution is 6.32. The number of hydrogen-bond donors (Lipinski definition) is 3. The number of rotatable bonds is 4. The van der Waals surface area contributed by atoms with Crippen molar-refractivity contribution in [1.29, 1.82) is 0 Å². The quantitative estimate of drug-likeness (QED) is 0.678. The molecule has 8 heteroatoms. The molecule has 0 spiro atoms. The smallest absolute Gasteiger partial charge is 0.325 e. The van der Waals surface area contributed by atoms with Gasteiger partial charge in [0.15, 0.2) is 5.65 Å². The molecule has 0 saturated carbocycles. The van der Waals surface area contributed by atoms with Crippen LogP contribution >= 0.6 is 11.6 Å². The molecule has 0 aliphatic carbocycles. The number of H-pyrrole nitrogens is 2. The first kappa shape index (κ1) is 15.1. The van der Waals surface area contributed by atoms with E-state index in [9.17, 15) is 9.59 Å². The van der Waals surface area contributed by atoms with E-state index in [2.05, 4.69) is 20.3 Å². The predicted octanol–water partition coefficient (Wildman–Crippen LogP) is 1.84. The van der Waals surface area contributed by atoms with Crippen molar-refractivity contribution < 1.29 is 9.53 Å². The Labute approximate surface area is 135 Å². The maximum atomic E-state index is 12.2. The molecule has 0 aliphatic rings. The molecule has 0 bridgehead atoms. The van der Waals surface area contributed by atoms with Gasteiger partial charge in [-0.15, -0.1) is 0 Å². The van der Waals surface area contributed by atoms with Crippen molar-refractivity contribution in [1.82, 2.24) is 20.3 Å². The first-order valence-corrected chi connectivity index (χ1v) is 7.13. The van der Waals surface area contributed by atoms with Gasteiger partial charge in [-0.25, -0.2) is 9.78 Å². The number of ether oxygens (including phenoxy) is 1. The first-order valence-electron chi connectivity index (χ1n) is 6.75. The molecule has 3 N–H and O–H groups in total. The van der Waals surface area contributed by atoms with Gasteiger partial charge in [-0.1, -0.05) is 17.7 Å². The van der Waals surface area contributed by atoms with Gasteiger partial charge in [0, 0.05) is 12.7 Å². The van der Waals surface area contributed by atoms with E-state index in [1.807, 2.05) is 6.07 Å². The van der Waals surface area contributed by atoms with Crippen molar-refractivity contribution in [2.24, 2.45) is 0 Å². The van der Waals surface area contributed by atoms with Crippen molar-refractivity contribution in [2.75, 3.05) is 7.11 Å². The second-order valence-corrected chi connectivity index (χ2v) is 5.26. The van der Waals surface area contributed by atoms with Gasteiger partial charge >= 0.3 is 5.69 Å². The molecule has 0 fully saturated rings. The van der Waals surface area contributed by atoms with Crippen molar-refractivity contribution >= 4 is 28.7 Å². The molecule has 3 aromatic rings. The summed E-state index contributed by atoms with van der Waals surface area (Å²) in [5.74, 6) is 0.279. The van der Waals surface area contributed by atoms with E-state index in [1.54, 1.807) is 18.2 Å². The Morgan fingerprint density at radius 3 is 2.91 bits per heavy atom. The molecule has 0 aliphatic heterocycles. The molecule has 0 saturated heterocycles. The third-order valence-electron chi connectivity index (χ3n) is 3.30. The van der Waals surface area contributed by atoms with Crippen LogP contribution in [0.3, 0.4) is 0 Å². The summed E-state index contributed by atoms with van der Waals surface area (Å²) in [4.78, 5) is 32.5. The molecule has 0 unspecified atom stereocenters. The number of methoxy groups -OCH3 is 1. The summed E-state index contributed by atoms with van der Waals surface area (Å²) in [5.41, 5.74) is 1.72. The average molecular weight is 333 g/mol. The van der Waals surface area contributed by atoms with Crippen LogP contribution < -0.4 is 15.7 Å². The highest BCUT2D eigenvalue weighted by Crippen LogP contribution is 2.24. The van der Waals surface area contributed by atoms with Crippen LogP contribution in [0.15, 0.2) is 35.3 Å². The van der Waals surface area contributed by atoms with Crippen molar-refractivity contribution in [3.05, 3.63) is 57.1 Å². The maximum Gasteiger partial charge on any atom is 0.325 e. The van der Waals surface area contributed by atoms with Gasteiger partial charge in [-0.2, -0.15) is 0 Å². The zero-order chi connectivity index (χ0) is 16.4. The number of aromatic nitrogens is 3. The minimum atomic E-state index is -0.363. The zero-order valence-corrected chi connectivity index (χ0v) is 12.9. The lowest BCUT2D eigenvalue weighted by atomic mass is 10.2. The van der Waals surface area contributed by atoms with Crippen molar-refractivity contribution in [3.63, 3.8) is 0 Å². The topological polar surface area (TPSA) is 99.9 Å². The molecule has 2 aromatic heterocycles. The number of carbonyl (C=O) groups is 1. The summed E-state index contributed by atoms with van der Waals surface area (Å²) in [6, 6.07) is 6.85. The van der Waals surface area contributed by atoms with Crippen LogP contribution in [0.4, 0.5) is 0 Å². The molecular formula is C15H13ClN4O3. The van der Waals surface area contributed by atoms with E-state index in [4.69, 9.17) is 16.3 Å². The molecule has 118 valence electrons. The Kier molecular flexibility index (Phi) is 4.03. The normalized spacial score (nSPS) is 10.7. The van der Waals surface area contributed by atoms with Crippen LogP contribution in [0.5, 0.6) is 5.75 Å². The number of nitrogens with zero attached hydrogens (tertiary/aromatic N) is 1. The summed E-state index contributed by atoms with van der Waals surface area (Å²) in [5, 5.41) is 3.25. The summed E-state index contributed by atoms with van der Waals surface area (Å²) in [6.45, 7) is 0.310. The van der Waals surface area contributed by atoms with Gasteiger partial charge in [0.05, 0.1) is 23.2 Å². The number of carbonyl (C=O) groups excluding carboxylic acids is 1. The van der Waals surface area contributed by atoms with Crippen LogP contribution in [-0.4, -0.2) is 28.0 Å². The number of amides is 1. The van der Waals surface area contributed by atoms with Crippen molar-refractivity contribution in [2.45, 2.75) is 6.54 Å². The molecule has 0 atom stereocenters. The number of aromatic amines is 2. The molecule has 7 nitrogen and oxygen atoms in total. The first-order chi connectivity index (χ1) is 11.1. The highest BCUT2D eigenvalue weighted by atomic mass is 35.5. The van der Waals surface area contributed by atoms with Gasteiger partial charge in [0.1, 0.15) is 5.75 Å². The lowest BCUT2D eigenvalue weighted by Crippen LogP contribution is -2.22. The standard InChI is InChI=1S/C15H13ClN4O3/c1-23-12-3-2-8(4-10(12)16)6-18-14(21)9-5-11-13(17-7-9)20-15(22)19-11/h2-5,7H,6H2,1H3,(H,18,21)(H2,17,19,20,22). The number of imidazole rings is 1. The average Bonchev–Trinajstić information content (AvgIpc) is 2.91. The lowest BCUT2D eigenvalue weighted by Gasteiger charge is -2.08. The van der Waals surface area contributed by atoms with Gasteiger partial charge < -0.3 is 15.0 Å². The fourth-order valence-corrected chi connectivity index (χ4v) is 2.43. The molecule has 23 heavy (non-hydrogen) atoms. The van der Waals surface area contributed by atoms with Gasteiger partial charge in [-0.05, 0) is 23.8 Å². The lowest BCUT2D eigenvalue weighted by molar-refractivity contribution is 0.0950. The van der Waals surface area contributed by atoms with Crippen LogP contribution in [0.1, 0.15) is 15.9 Å². The Bertz CT molecular complexity index is 932. The van der Waals surface area contributed by atoms with Crippen LogP contribution in [0, 0.1) is 0 Å². The Morgan fingerprint density at radius 2 is 2.17 bits per heavy atom. The summed E-state index contributed by atoms with van der Waals surface area (Å²) < 4.78 is 5.08. The zero-order valence-electron chi connectivity index (χ0n) is 12.1. The van der Waals surface area contributed by atoms with E-state index < -0.39 is 0 Å². The van der Waals surface area contributed by atoms with E-state index in [0.29, 0.717) is 34.0 Å².